The second-order valence-electron chi connectivity index (χ2n) is 3.99. The number of carboxylic acids is 1. The molecule has 1 rings (SSSR count). The molecule has 0 aliphatic carbocycles. The van der Waals surface area contributed by atoms with Crippen LogP contribution in [0.4, 0.5) is 0 Å². The number of hydrogen-bond donors (Lipinski definition) is 1. The molecule has 1 aromatic carbocycles. The van der Waals surface area contributed by atoms with Crippen LogP contribution in [0, 0.1) is 6.92 Å². The summed E-state index contributed by atoms with van der Waals surface area (Å²) in [6.45, 7) is 2.01. The number of aliphatic carboxylic acids is 1. The van der Waals surface area contributed by atoms with Gasteiger partial charge in [-0.1, -0.05) is 15.9 Å². The van der Waals surface area contributed by atoms with Crippen molar-refractivity contribution in [3.05, 3.63) is 33.8 Å². The molecule has 0 saturated heterocycles. The number of hydrogen-bond acceptors (Lipinski definition) is 4. The maximum Gasteiger partial charge on any atom is 0.328 e. The van der Waals surface area contributed by atoms with Gasteiger partial charge in [-0.15, -0.1) is 0 Å². The van der Waals surface area contributed by atoms with Crippen molar-refractivity contribution in [3.63, 3.8) is 0 Å². The van der Waals surface area contributed by atoms with Crippen LogP contribution in [0.2, 0.25) is 0 Å². The maximum atomic E-state index is 11.0. The molecule has 0 aromatic heterocycles. The van der Waals surface area contributed by atoms with Crippen molar-refractivity contribution >= 4 is 33.9 Å². The number of methoxy groups -OCH3 is 1. The highest BCUT2D eigenvalue weighted by atomic mass is 79.9. The summed E-state index contributed by atoms with van der Waals surface area (Å²) in [5.74, 6) is -0.847. The van der Waals surface area contributed by atoms with E-state index >= 15 is 0 Å². The quantitative estimate of drug-likeness (QED) is 0.635. The fourth-order valence-corrected chi connectivity index (χ4v) is 2.17. The number of carbonyl (C=O) groups is 2. The lowest BCUT2D eigenvalue weighted by Crippen LogP contribution is -2.08. The van der Waals surface area contributed by atoms with Crippen LogP contribution >= 0.6 is 15.9 Å². The lowest BCUT2D eigenvalue weighted by atomic mass is 10.1. The summed E-state index contributed by atoms with van der Waals surface area (Å²) in [4.78, 5) is 21.6. The molecule has 5 nitrogen and oxygen atoms in total. The van der Waals surface area contributed by atoms with Crippen LogP contribution in [0.1, 0.15) is 17.5 Å². The topological polar surface area (TPSA) is 72.8 Å². The molecule has 6 heteroatoms. The third kappa shape index (κ3) is 5.05. The Hall–Kier alpha value is -1.82. The molecule has 0 bridgehead atoms. The Kier molecular flexibility index (Phi) is 6.24. The molecule has 0 saturated carbocycles. The molecule has 1 N–H and O–H groups in total. The van der Waals surface area contributed by atoms with Gasteiger partial charge in [0.2, 0.25) is 0 Å². The van der Waals surface area contributed by atoms with E-state index in [0.29, 0.717) is 11.3 Å². The standard InChI is InChI=1S/C14H15BrO5/c1-9-7-11(15)8-10(3-4-12(16)17)14(9)20-6-5-13(18)19-2/h3-4,7-8H,5-6H2,1-2H3,(H,16,17)/b4-3+. The number of halogens is 1. The molecular weight excluding hydrogens is 328 g/mol. The van der Waals surface area contributed by atoms with E-state index < -0.39 is 5.97 Å². The van der Waals surface area contributed by atoms with Crippen molar-refractivity contribution in [2.75, 3.05) is 13.7 Å². The van der Waals surface area contributed by atoms with Gasteiger partial charge in [-0.3, -0.25) is 4.79 Å². The number of benzene rings is 1. The van der Waals surface area contributed by atoms with Gasteiger partial charge >= 0.3 is 11.9 Å². The normalized spacial score (nSPS) is 10.6. The van der Waals surface area contributed by atoms with Gasteiger partial charge in [0.15, 0.2) is 0 Å². The highest BCUT2D eigenvalue weighted by Gasteiger charge is 2.09. The summed E-state index contributed by atoms with van der Waals surface area (Å²) < 4.78 is 10.9. The first kappa shape index (κ1) is 16.2. The number of carboxylic acid groups (broad SMARTS) is 1. The van der Waals surface area contributed by atoms with Crippen molar-refractivity contribution in [1.82, 2.24) is 0 Å². The number of carbonyl (C=O) groups excluding carboxylic acids is 1. The van der Waals surface area contributed by atoms with Crippen LogP contribution in [0.5, 0.6) is 5.75 Å². The Labute approximate surface area is 125 Å². The highest BCUT2D eigenvalue weighted by Crippen LogP contribution is 2.29. The fraction of sp³-hybridized carbons (Fsp3) is 0.286. The van der Waals surface area contributed by atoms with E-state index in [1.165, 1.54) is 13.2 Å². The van der Waals surface area contributed by atoms with E-state index in [9.17, 15) is 9.59 Å². The van der Waals surface area contributed by atoms with E-state index in [0.717, 1.165) is 16.1 Å². The molecular formula is C14H15BrO5. The third-order valence-corrected chi connectivity index (χ3v) is 2.91. The molecule has 0 aliphatic rings. The fourth-order valence-electron chi connectivity index (χ4n) is 1.58. The van der Waals surface area contributed by atoms with Crippen molar-refractivity contribution in [1.29, 1.82) is 0 Å². The Morgan fingerprint density at radius 2 is 2.10 bits per heavy atom. The summed E-state index contributed by atoms with van der Waals surface area (Å²) in [5, 5.41) is 8.68. The minimum atomic E-state index is -1.04. The smallest absolute Gasteiger partial charge is 0.328 e. The summed E-state index contributed by atoms with van der Waals surface area (Å²) >= 11 is 3.35. The second-order valence-corrected chi connectivity index (χ2v) is 4.90. The lowest BCUT2D eigenvalue weighted by Gasteiger charge is -2.12. The predicted octanol–water partition coefficient (Wildman–Crippen LogP) is 2.80. The summed E-state index contributed by atoms with van der Waals surface area (Å²) in [6, 6.07) is 3.60. The average Bonchev–Trinajstić information content (AvgIpc) is 2.38. The molecule has 0 heterocycles. The number of esters is 1. The molecule has 0 spiro atoms. The summed E-state index contributed by atoms with van der Waals surface area (Å²) in [6.07, 6.45) is 2.62. The molecule has 0 aliphatic heterocycles. The highest BCUT2D eigenvalue weighted by molar-refractivity contribution is 9.10. The van der Waals surface area contributed by atoms with Gasteiger partial charge in [0, 0.05) is 16.1 Å². The van der Waals surface area contributed by atoms with E-state index in [4.69, 9.17) is 9.84 Å². The first-order valence-electron chi connectivity index (χ1n) is 5.84. The van der Waals surface area contributed by atoms with Gasteiger partial charge in [-0.25, -0.2) is 4.79 Å². The molecule has 108 valence electrons. The molecule has 0 fully saturated rings. The zero-order chi connectivity index (χ0) is 15.1. The van der Waals surface area contributed by atoms with Crippen molar-refractivity contribution < 1.29 is 24.2 Å². The first-order valence-corrected chi connectivity index (χ1v) is 6.64. The maximum absolute atomic E-state index is 11.0. The van der Waals surface area contributed by atoms with Crippen molar-refractivity contribution in [2.45, 2.75) is 13.3 Å². The summed E-state index contributed by atoms with van der Waals surface area (Å²) in [7, 11) is 1.31. The van der Waals surface area contributed by atoms with Crippen LogP contribution in [0.25, 0.3) is 6.08 Å². The predicted molar refractivity (Wildman–Crippen MR) is 77.7 cm³/mol. The van der Waals surface area contributed by atoms with Gasteiger partial charge in [0.25, 0.3) is 0 Å². The SMILES string of the molecule is COC(=O)CCOc1c(C)cc(Br)cc1/C=C/C(=O)O. The van der Waals surface area contributed by atoms with E-state index in [1.54, 1.807) is 6.07 Å². The lowest BCUT2D eigenvalue weighted by molar-refractivity contribution is -0.141. The van der Waals surface area contributed by atoms with Crippen LogP contribution in [-0.2, 0) is 14.3 Å². The molecule has 1 aromatic rings. The minimum absolute atomic E-state index is 0.133. The van der Waals surface area contributed by atoms with Gasteiger partial charge in [-0.2, -0.15) is 0 Å². The zero-order valence-electron chi connectivity index (χ0n) is 11.2. The average molecular weight is 343 g/mol. The van der Waals surface area contributed by atoms with Crippen LogP contribution in [0.3, 0.4) is 0 Å². The van der Waals surface area contributed by atoms with Crippen molar-refractivity contribution in [3.8, 4) is 5.75 Å². The Morgan fingerprint density at radius 3 is 2.70 bits per heavy atom. The summed E-state index contributed by atoms with van der Waals surface area (Å²) in [5.41, 5.74) is 1.47. The van der Waals surface area contributed by atoms with Gasteiger partial charge < -0.3 is 14.6 Å². The number of aryl methyl sites for hydroxylation is 1. The van der Waals surface area contributed by atoms with E-state index in [-0.39, 0.29) is 19.0 Å². The first-order chi connectivity index (χ1) is 9.43. The van der Waals surface area contributed by atoms with Gasteiger partial charge in [-0.05, 0) is 30.7 Å². The van der Waals surface area contributed by atoms with Gasteiger partial charge in [0.1, 0.15) is 5.75 Å². The largest absolute Gasteiger partial charge is 0.492 e. The van der Waals surface area contributed by atoms with Crippen LogP contribution in [-0.4, -0.2) is 30.8 Å². The third-order valence-electron chi connectivity index (χ3n) is 2.45. The Bertz CT molecular complexity index is 537. The molecule has 20 heavy (non-hydrogen) atoms. The Balaban J connectivity index is 2.92. The monoisotopic (exact) mass is 342 g/mol. The van der Waals surface area contributed by atoms with Gasteiger partial charge in [0.05, 0.1) is 20.1 Å². The number of rotatable bonds is 6. The zero-order valence-corrected chi connectivity index (χ0v) is 12.8. The molecule has 0 unspecified atom stereocenters. The molecule has 0 atom stereocenters. The van der Waals surface area contributed by atoms with Crippen molar-refractivity contribution in [2.24, 2.45) is 0 Å². The van der Waals surface area contributed by atoms with E-state index in [2.05, 4.69) is 20.7 Å². The van der Waals surface area contributed by atoms with Crippen LogP contribution in [0.15, 0.2) is 22.7 Å². The van der Waals surface area contributed by atoms with E-state index in [1.807, 2.05) is 13.0 Å². The number of ether oxygens (including phenoxy) is 2. The molecule has 0 amide bonds. The molecule has 0 radical (unpaired) electrons. The minimum Gasteiger partial charge on any atom is -0.492 e. The van der Waals surface area contributed by atoms with Crippen LogP contribution < -0.4 is 4.74 Å². The second kappa shape index (κ2) is 7.69. The Morgan fingerprint density at radius 1 is 1.40 bits per heavy atom.